The monoisotopic (exact) mass is 547 g/mol. The molecule has 1 unspecified atom stereocenters. The fraction of sp³-hybridized carbons (Fsp3) is 0.481. The topological polar surface area (TPSA) is 105 Å². The first-order chi connectivity index (χ1) is 18.1. The molecule has 0 saturated heterocycles. The predicted octanol–water partition coefficient (Wildman–Crippen LogP) is 3.58. The first-order valence-electron chi connectivity index (χ1n) is 12.8. The number of carbonyl (C=O) groups is 2. The molecule has 1 heterocycles. The molecular weight excluding hydrogens is 513 g/mol. The number of carbonyl (C=O) groups excluding carboxylic acids is 2. The number of nitrogens with zero attached hydrogens (tertiary/aromatic N) is 2. The molecule has 2 amide bonds. The van der Waals surface area contributed by atoms with Crippen molar-refractivity contribution < 1.29 is 31.9 Å². The summed E-state index contributed by atoms with van der Waals surface area (Å²) in [6, 6.07) is 10.3. The Morgan fingerprint density at radius 1 is 1.11 bits per heavy atom. The molecular formula is C27H34FN3O6S. The van der Waals surface area contributed by atoms with Gasteiger partial charge in [0.15, 0.2) is 11.5 Å². The first kappa shape index (κ1) is 27.7. The lowest BCUT2D eigenvalue weighted by atomic mass is 10.1. The molecule has 2 aromatic rings. The number of anilines is 1. The van der Waals surface area contributed by atoms with Gasteiger partial charge in [-0.25, -0.2) is 12.8 Å². The van der Waals surface area contributed by atoms with Crippen LogP contribution in [0.4, 0.5) is 10.1 Å². The summed E-state index contributed by atoms with van der Waals surface area (Å²) in [5.41, 5.74) is 0.705. The first-order valence-corrected chi connectivity index (χ1v) is 14.7. The smallest absolute Gasteiger partial charge is 0.242 e. The number of halogens is 1. The molecule has 4 rings (SSSR count). The second-order valence-electron chi connectivity index (χ2n) is 9.76. The molecule has 1 fully saturated rings. The molecule has 0 radical (unpaired) electrons. The maximum absolute atomic E-state index is 14.4. The lowest BCUT2D eigenvalue weighted by Gasteiger charge is -2.30. The number of sulfonamides is 1. The van der Waals surface area contributed by atoms with Crippen molar-refractivity contribution in [1.29, 1.82) is 0 Å². The van der Waals surface area contributed by atoms with E-state index in [1.807, 2.05) is 0 Å². The zero-order valence-corrected chi connectivity index (χ0v) is 22.5. The van der Waals surface area contributed by atoms with Crippen molar-refractivity contribution in [2.45, 2.75) is 64.1 Å². The van der Waals surface area contributed by atoms with Crippen LogP contribution in [0.25, 0.3) is 0 Å². The van der Waals surface area contributed by atoms with Crippen LogP contribution in [0, 0.1) is 5.82 Å². The van der Waals surface area contributed by atoms with E-state index in [9.17, 15) is 22.4 Å². The molecule has 2 aliphatic rings. The van der Waals surface area contributed by atoms with E-state index in [1.54, 1.807) is 43.3 Å². The minimum atomic E-state index is -3.65. The summed E-state index contributed by atoms with van der Waals surface area (Å²) >= 11 is 0. The van der Waals surface area contributed by atoms with Crippen molar-refractivity contribution in [1.82, 2.24) is 10.2 Å². The Labute approximate surface area is 222 Å². The number of rotatable bonds is 11. The molecule has 1 atom stereocenters. The molecule has 1 aliphatic carbocycles. The van der Waals surface area contributed by atoms with Crippen molar-refractivity contribution in [3.63, 3.8) is 0 Å². The van der Waals surface area contributed by atoms with Gasteiger partial charge >= 0.3 is 0 Å². The van der Waals surface area contributed by atoms with Gasteiger partial charge in [0.05, 0.1) is 11.9 Å². The SMILES string of the molecule is CC(C(=O)NC1CCCC1)N(Cc1ccccc1F)C(=O)CCCN(c1ccc2c(c1)OCO2)S(C)(=O)=O. The van der Waals surface area contributed by atoms with Crippen LogP contribution < -0.4 is 19.1 Å². The van der Waals surface area contributed by atoms with Crippen LogP contribution in [0.3, 0.4) is 0 Å². The number of ether oxygens (including phenoxy) is 2. The Bertz CT molecular complexity index is 1270. The summed E-state index contributed by atoms with van der Waals surface area (Å²) in [5.74, 6) is -0.114. The maximum atomic E-state index is 14.4. The molecule has 1 aliphatic heterocycles. The summed E-state index contributed by atoms with van der Waals surface area (Å²) in [4.78, 5) is 27.8. The molecule has 0 aromatic heterocycles. The summed E-state index contributed by atoms with van der Waals surface area (Å²) in [7, 11) is -3.65. The van der Waals surface area contributed by atoms with Gasteiger partial charge in [-0.05, 0) is 44.4 Å². The van der Waals surface area contributed by atoms with E-state index >= 15 is 0 Å². The number of amides is 2. The molecule has 38 heavy (non-hydrogen) atoms. The normalized spacial score (nSPS) is 15.8. The minimum absolute atomic E-state index is 0.0218. The minimum Gasteiger partial charge on any atom is -0.454 e. The second-order valence-corrected chi connectivity index (χ2v) is 11.7. The third-order valence-electron chi connectivity index (χ3n) is 6.96. The van der Waals surface area contributed by atoms with Gasteiger partial charge in [-0.3, -0.25) is 13.9 Å². The zero-order valence-electron chi connectivity index (χ0n) is 21.7. The van der Waals surface area contributed by atoms with E-state index in [4.69, 9.17) is 9.47 Å². The van der Waals surface area contributed by atoms with Crippen LogP contribution in [0.5, 0.6) is 11.5 Å². The Balaban J connectivity index is 1.46. The Kier molecular flexibility index (Phi) is 8.76. The van der Waals surface area contributed by atoms with Crippen LogP contribution >= 0.6 is 0 Å². The number of nitrogens with one attached hydrogen (secondary N) is 1. The third kappa shape index (κ3) is 6.75. The second kappa shape index (κ2) is 12.0. The van der Waals surface area contributed by atoms with Crippen molar-refractivity contribution in [2.24, 2.45) is 0 Å². The van der Waals surface area contributed by atoms with Crippen molar-refractivity contribution >= 4 is 27.5 Å². The molecule has 2 aromatic carbocycles. The Morgan fingerprint density at radius 3 is 2.53 bits per heavy atom. The molecule has 206 valence electrons. The van der Waals surface area contributed by atoms with Gasteiger partial charge in [-0.1, -0.05) is 31.0 Å². The van der Waals surface area contributed by atoms with Gasteiger partial charge < -0.3 is 19.7 Å². The largest absolute Gasteiger partial charge is 0.454 e. The summed E-state index contributed by atoms with van der Waals surface area (Å²) in [6.07, 6.45) is 5.19. The van der Waals surface area contributed by atoms with E-state index in [-0.39, 0.29) is 50.6 Å². The predicted molar refractivity (Wildman–Crippen MR) is 141 cm³/mol. The lowest BCUT2D eigenvalue weighted by molar-refractivity contribution is -0.141. The number of hydrogen-bond acceptors (Lipinski definition) is 6. The highest BCUT2D eigenvalue weighted by atomic mass is 32.2. The van der Waals surface area contributed by atoms with E-state index in [0.29, 0.717) is 22.7 Å². The number of fused-ring (bicyclic) bond motifs is 1. The average molecular weight is 548 g/mol. The van der Waals surface area contributed by atoms with E-state index in [0.717, 1.165) is 31.9 Å². The average Bonchev–Trinajstić information content (AvgIpc) is 3.56. The molecule has 9 nitrogen and oxygen atoms in total. The van der Waals surface area contributed by atoms with Crippen LogP contribution in [-0.2, 0) is 26.2 Å². The lowest BCUT2D eigenvalue weighted by Crippen LogP contribution is -2.49. The van der Waals surface area contributed by atoms with Crippen LogP contribution in [0.2, 0.25) is 0 Å². The molecule has 1 saturated carbocycles. The summed E-state index contributed by atoms with van der Waals surface area (Å²) in [5, 5.41) is 3.01. The van der Waals surface area contributed by atoms with Gasteiger partial charge in [0.1, 0.15) is 11.9 Å². The van der Waals surface area contributed by atoms with Crippen LogP contribution in [0.15, 0.2) is 42.5 Å². The van der Waals surface area contributed by atoms with E-state index < -0.39 is 21.9 Å². The zero-order chi connectivity index (χ0) is 27.3. The van der Waals surface area contributed by atoms with Gasteiger partial charge in [-0.2, -0.15) is 0 Å². The maximum Gasteiger partial charge on any atom is 0.242 e. The fourth-order valence-corrected chi connectivity index (χ4v) is 5.79. The highest BCUT2D eigenvalue weighted by Crippen LogP contribution is 2.36. The number of benzene rings is 2. The molecule has 0 bridgehead atoms. The van der Waals surface area contributed by atoms with Crippen LogP contribution in [0.1, 0.15) is 51.0 Å². The van der Waals surface area contributed by atoms with Crippen LogP contribution in [-0.4, -0.2) is 56.8 Å². The quantitative estimate of drug-likeness (QED) is 0.461. The number of hydrogen-bond donors (Lipinski definition) is 1. The summed E-state index contributed by atoms with van der Waals surface area (Å²) in [6.45, 7) is 1.68. The van der Waals surface area contributed by atoms with Gasteiger partial charge in [0, 0.05) is 37.2 Å². The van der Waals surface area contributed by atoms with Gasteiger partial charge in [-0.15, -0.1) is 0 Å². The van der Waals surface area contributed by atoms with Gasteiger partial charge in [0.25, 0.3) is 0 Å². The van der Waals surface area contributed by atoms with Crippen molar-refractivity contribution in [3.05, 3.63) is 53.8 Å². The Morgan fingerprint density at radius 2 is 1.82 bits per heavy atom. The molecule has 1 N–H and O–H groups in total. The summed E-state index contributed by atoms with van der Waals surface area (Å²) < 4.78 is 51.4. The Hall–Kier alpha value is -3.34. The van der Waals surface area contributed by atoms with Crippen molar-refractivity contribution in [3.8, 4) is 11.5 Å². The fourth-order valence-electron chi connectivity index (χ4n) is 4.83. The third-order valence-corrected chi connectivity index (χ3v) is 8.16. The highest BCUT2D eigenvalue weighted by molar-refractivity contribution is 7.92. The molecule has 0 spiro atoms. The standard InChI is InChI=1S/C27H34FN3O6S/c1-19(27(33)29-21-9-4-5-10-21)30(17-20-8-3-6-11-23(20)28)26(32)12-7-15-31(38(2,34)35)22-13-14-24-25(16-22)37-18-36-24/h3,6,8,11,13-14,16,19,21H,4-5,7,9-10,12,15,17-18H2,1-2H3,(H,29,33). The molecule has 11 heteroatoms. The van der Waals surface area contributed by atoms with E-state index in [1.165, 1.54) is 15.3 Å². The van der Waals surface area contributed by atoms with Gasteiger partial charge in [0.2, 0.25) is 28.6 Å². The van der Waals surface area contributed by atoms with E-state index in [2.05, 4.69) is 5.32 Å². The highest BCUT2D eigenvalue weighted by Gasteiger charge is 2.29. The van der Waals surface area contributed by atoms with Crippen molar-refractivity contribution in [2.75, 3.05) is 23.9 Å².